The van der Waals surface area contributed by atoms with E-state index in [1.54, 1.807) is 13.0 Å². The van der Waals surface area contributed by atoms with Crippen LogP contribution in [0.3, 0.4) is 0 Å². The maximum Gasteiger partial charge on any atom is 0.142 e. The average molecular weight is 216 g/mol. The van der Waals surface area contributed by atoms with Crippen LogP contribution >= 0.6 is 0 Å². The van der Waals surface area contributed by atoms with Crippen molar-refractivity contribution in [3.8, 4) is 0 Å². The molecule has 0 fully saturated rings. The molecule has 0 unspecified atom stereocenters. The van der Waals surface area contributed by atoms with Gasteiger partial charge in [0.05, 0.1) is 0 Å². The van der Waals surface area contributed by atoms with Crippen LogP contribution < -0.4 is 0 Å². The zero-order valence-corrected chi connectivity index (χ0v) is 11.1. The predicted octanol–water partition coefficient (Wildman–Crippen LogP) is 5.42. The standard InChI is InChI=1S/C5H12.C5H10.C4H6O.2H2/c2*1-3-5-4-2;1-2-3-4-5;;/h3-5H2,1-2H3;3,5H,4H2,1-2H3;2-4H,1H3;2*1H/b;5-3+;3-2+;;. The molecule has 0 N–H and O–H groups in total. The molecular formula is C14H32O. The van der Waals surface area contributed by atoms with Crippen molar-refractivity contribution in [2.45, 2.75) is 60.3 Å². The second-order valence-electron chi connectivity index (χ2n) is 2.99. The first kappa shape index (κ1) is 19.7. The summed E-state index contributed by atoms with van der Waals surface area (Å²) >= 11 is 0. The predicted molar refractivity (Wildman–Crippen MR) is 75.4 cm³/mol. The van der Waals surface area contributed by atoms with Crippen molar-refractivity contribution in [2.75, 3.05) is 0 Å². The van der Waals surface area contributed by atoms with Crippen LogP contribution in [0.4, 0.5) is 0 Å². The summed E-state index contributed by atoms with van der Waals surface area (Å²) in [5.41, 5.74) is 0. The van der Waals surface area contributed by atoms with E-state index in [2.05, 4.69) is 32.9 Å². The lowest BCUT2D eigenvalue weighted by Gasteiger charge is -1.79. The summed E-state index contributed by atoms with van der Waals surface area (Å²) in [6.45, 7) is 10.4. The number of hydrogen-bond acceptors (Lipinski definition) is 1. The van der Waals surface area contributed by atoms with E-state index in [1.165, 1.54) is 25.3 Å². The summed E-state index contributed by atoms with van der Waals surface area (Å²) in [6.07, 6.45) is 13.3. The van der Waals surface area contributed by atoms with Gasteiger partial charge in [-0.3, -0.25) is 4.79 Å². The van der Waals surface area contributed by atoms with E-state index in [0.717, 1.165) is 12.7 Å². The molecule has 0 saturated heterocycles. The van der Waals surface area contributed by atoms with Crippen LogP contribution in [0.25, 0.3) is 0 Å². The third kappa shape index (κ3) is 61.6. The number of carbonyl (C=O) groups excluding carboxylic acids is 1. The lowest BCUT2D eigenvalue weighted by Crippen LogP contribution is -1.59. The molecule has 0 aliphatic heterocycles. The molecule has 0 radical (unpaired) electrons. The van der Waals surface area contributed by atoms with Gasteiger partial charge in [0.15, 0.2) is 0 Å². The second kappa shape index (κ2) is 29.2. The van der Waals surface area contributed by atoms with E-state index in [4.69, 9.17) is 0 Å². The molecule has 0 aliphatic rings. The van der Waals surface area contributed by atoms with Gasteiger partial charge in [0, 0.05) is 2.85 Å². The SMILES string of the molecule is C/C=C/C=O.C/C=C/CC.CCCCC.[HH].[HH]. The van der Waals surface area contributed by atoms with Gasteiger partial charge in [0.25, 0.3) is 0 Å². The Balaban J connectivity index is -0.0000000400. The lowest BCUT2D eigenvalue weighted by molar-refractivity contribution is -0.104. The van der Waals surface area contributed by atoms with E-state index < -0.39 is 0 Å². The van der Waals surface area contributed by atoms with E-state index in [0.29, 0.717) is 0 Å². The van der Waals surface area contributed by atoms with Crippen molar-refractivity contribution in [1.29, 1.82) is 0 Å². The van der Waals surface area contributed by atoms with Crippen molar-refractivity contribution in [2.24, 2.45) is 0 Å². The van der Waals surface area contributed by atoms with Crippen molar-refractivity contribution in [3.63, 3.8) is 0 Å². The van der Waals surface area contributed by atoms with E-state index in [9.17, 15) is 4.79 Å². The topological polar surface area (TPSA) is 17.1 Å². The quantitative estimate of drug-likeness (QED) is 0.348. The van der Waals surface area contributed by atoms with Gasteiger partial charge in [-0.25, -0.2) is 0 Å². The monoisotopic (exact) mass is 216 g/mol. The van der Waals surface area contributed by atoms with Crippen molar-refractivity contribution in [1.82, 2.24) is 0 Å². The molecular weight excluding hydrogens is 184 g/mol. The largest absolute Gasteiger partial charge is 0.299 e. The molecule has 0 aromatic carbocycles. The van der Waals surface area contributed by atoms with Gasteiger partial charge in [-0.05, 0) is 26.3 Å². The normalized spacial score (nSPS) is 9.13. The molecule has 0 aromatic heterocycles. The third-order valence-corrected chi connectivity index (χ3v) is 1.45. The molecule has 1 nitrogen and oxygen atoms in total. The van der Waals surface area contributed by atoms with E-state index >= 15 is 0 Å². The molecule has 1 heteroatoms. The van der Waals surface area contributed by atoms with Gasteiger partial charge < -0.3 is 0 Å². The highest BCUT2D eigenvalue weighted by Gasteiger charge is 1.68. The smallest absolute Gasteiger partial charge is 0.142 e. The molecule has 0 heterocycles. The number of unbranched alkanes of at least 4 members (excludes halogenated alkanes) is 2. The maximum atomic E-state index is 9.32. The average Bonchev–Trinajstić information content (AvgIpc) is 2.23. The second-order valence-corrected chi connectivity index (χ2v) is 2.99. The van der Waals surface area contributed by atoms with Gasteiger partial charge in [-0.15, -0.1) is 0 Å². The van der Waals surface area contributed by atoms with Crippen molar-refractivity contribution < 1.29 is 7.65 Å². The third-order valence-electron chi connectivity index (χ3n) is 1.45. The maximum absolute atomic E-state index is 9.32. The molecule has 15 heavy (non-hydrogen) atoms. The van der Waals surface area contributed by atoms with Crippen molar-refractivity contribution >= 4 is 6.29 Å². The summed E-state index contributed by atoms with van der Waals surface area (Å²) in [7, 11) is 0. The molecule has 94 valence electrons. The van der Waals surface area contributed by atoms with Gasteiger partial charge >= 0.3 is 0 Å². The Labute approximate surface area is 99.2 Å². The van der Waals surface area contributed by atoms with Gasteiger partial charge in [-0.2, -0.15) is 0 Å². The van der Waals surface area contributed by atoms with Gasteiger partial charge in [0.2, 0.25) is 0 Å². The van der Waals surface area contributed by atoms with E-state index in [-0.39, 0.29) is 2.85 Å². The molecule has 0 aromatic rings. The van der Waals surface area contributed by atoms with Crippen LogP contribution in [0.1, 0.15) is 63.2 Å². The molecule has 0 bridgehead atoms. The molecule has 0 spiro atoms. The number of allylic oxidation sites excluding steroid dienone is 4. The van der Waals surface area contributed by atoms with E-state index in [1.807, 2.05) is 6.92 Å². The molecule has 0 saturated carbocycles. The highest BCUT2D eigenvalue weighted by atomic mass is 16.1. The van der Waals surface area contributed by atoms with Crippen molar-refractivity contribution in [3.05, 3.63) is 24.3 Å². The first-order valence-electron chi connectivity index (χ1n) is 5.92. The summed E-state index contributed by atoms with van der Waals surface area (Å²) in [6, 6.07) is 0. The van der Waals surface area contributed by atoms with Crippen LogP contribution in [0.2, 0.25) is 0 Å². The lowest BCUT2D eigenvalue weighted by atomic mass is 10.3. The minimum Gasteiger partial charge on any atom is -0.299 e. The Morgan fingerprint density at radius 3 is 1.53 bits per heavy atom. The number of aldehydes is 1. The van der Waals surface area contributed by atoms with Crippen LogP contribution in [-0.2, 0) is 4.79 Å². The van der Waals surface area contributed by atoms with Gasteiger partial charge in [0.1, 0.15) is 6.29 Å². The van der Waals surface area contributed by atoms with Crippen LogP contribution in [-0.4, -0.2) is 6.29 Å². The Bertz CT molecular complexity index is 141. The highest BCUT2D eigenvalue weighted by Crippen LogP contribution is 1.88. The number of hydrogen-bond donors (Lipinski definition) is 0. The minimum absolute atomic E-state index is 0. The molecule has 0 rings (SSSR count). The molecule has 0 amide bonds. The number of rotatable bonds is 4. The molecule has 0 aliphatic carbocycles. The highest BCUT2D eigenvalue weighted by molar-refractivity contribution is 5.64. The Kier molecular flexibility index (Phi) is 38.3. The Morgan fingerprint density at radius 2 is 1.53 bits per heavy atom. The number of carbonyl (C=O) groups is 1. The first-order valence-corrected chi connectivity index (χ1v) is 5.92. The van der Waals surface area contributed by atoms with Crippen LogP contribution in [0, 0.1) is 0 Å². The zero-order chi connectivity index (χ0) is 12.4. The molecule has 0 atom stereocenters. The first-order chi connectivity index (χ1) is 7.24. The van der Waals surface area contributed by atoms with Crippen LogP contribution in [0.5, 0.6) is 0 Å². The van der Waals surface area contributed by atoms with Crippen LogP contribution in [0.15, 0.2) is 24.3 Å². The minimum atomic E-state index is 0. The van der Waals surface area contributed by atoms with Gasteiger partial charge in [-0.1, -0.05) is 58.3 Å². The fourth-order valence-corrected chi connectivity index (χ4v) is 0.668. The summed E-state index contributed by atoms with van der Waals surface area (Å²) < 4.78 is 0. The summed E-state index contributed by atoms with van der Waals surface area (Å²) in [5, 5.41) is 0. The Hall–Kier alpha value is -0.850. The Morgan fingerprint density at radius 1 is 1.00 bits per heavy atom. The zero-order valence-electron chi connectivity index (χ0n) is 11.1. The summed E-state index contributed by atoms with van der Waals surface area (Å²) in [5.74, 6) is 0. The summed E-state index contributed by atoms with van der Waals surface area (Å²) in [4.78, 5) is 9.32. The fourth-order valence-electron chi connectivity index (χ4n) is 0.668. The fraction of sp³-hybridized carbons (Fsp3) is 0.643.